The molecule has 0 fully saturated rings. The lowest BCUT2D eigenvalue weighted by Gasteiger charge is -2.16. The SMILES string of the molecule is O=C(/C=C/c1cccnc1)NC(c1ccccc1)c1cc2ccccc2o1. The summed E-state index contributed by atoms with van der Waals surface area (Å²) in [4.78, 5) is 16.6. The van der Waals surface area contributed by atoms with E-state index in [2.05, 4.69) is 10.3 Å². The maximum Gasteiger partial charge on any atom is 0.244 e. The standard InChI is InChI=1S/C23H18N2O2/c26-22(13-12-17-7-6-14-24-16-17)25-23(18-8-2-1-3-9-18)21-15-19-10-4-5-11-20(19)27-21/h1-16,23H,(H,25,26)/b13-12+. The van der Waals surface area contributed by atoms with Gasteiger partial charge in [-0.05, 0) is 35.4 Å². The van der Waals surface area contributed by atoms with E-state index < -0.39 is 0 Å². The van der Waals surface area contributed by atoms with Crippen molar-refractivity contribution in [2.24, 2.45) is 0 Å². The van der Waals surface area contributed by atoms with Crippen LogP contribution in [0.25, 0.3) is 17.0 Å². The van der Waals surface area contributed by atoms with Gasteiger partial charge in [0.15, 0.2) is 0 Å². The molecule has 1 unspecified atom stereocenters. The lowest BCUT2D eigenvalue weighted by atomic mass is 10.0. The molecule has 2 aromatic carbocycles. The molecule has 27 heavy (non-hydrogen) atoms. The van der Waals surface area contributed by atoms with Crippen LogP contribution < -0.4 is 5.32 Å². The summed E-state index contributed by atoms with van der Waals surface area (Å²) in [5.41, 5.74) is 2.63. The van der Waals surface area contributed by atoms with E-state index in [1.807, 2.05) is 72.8 Å². The zero-order valence-corrected chi connectivity index (χ0v) is 14.6. The van der Waals surface area contributed by atoms with Crippen molar-refractivity contribution in [2.45, 2.75) is 6.04 Å². The van der Waals surface area contributed by atoms with Crippen molar-refractivity contribution in [1.29, 1.82) is 0 Å². The average Bonchev–Trinajstić information content (AvgIpc) is 3.16. The van der Waals surface area contributed by atoms with Crippen molar-refractivity contribution >= 4 is 23.0 Å². The van der Waals surface area contributed by atoms with Crippen LogP contribution >= 0.6 is 0 Å². The number of nitrogens with one attached hydrogen (secondary N) is 1. The quantitative estimate of drug-likeness (QED) is 0.526. The van der Waals surface area contributed by atoms with E-state index in [1.165, 1.54) is 6.08 Å². The van der Waals surface area contributed by atoms with Gasteiger partial charge in [0.25, 0.3) is 0 Å². The zero-order valence-electron chi connectivity index (χ0n) is 14.6. The lowest BCUT2D eigenvalue weighted by Crippen LogP contribution is -2.27. The molecule has 4 nitrogen and oxygen atoms in total. The number of hydrogen-bond acceptors (Lipinski definition) is 3. The second kappa shape index (κ2) is 7.70. The molecule has 1 N–H and O–H groups in total. The molecule has 0 spiro atoms. The van der Waals surface area contributed by atoms with Crippen LogP contribution in [0, 0.1) is 0 Å². The number of aromatic nitrogens is 1. The Balaban J connectivity index is 1.62. The number of rotatable bonds is 5. The monoisotopic (exact) mass is 354 g/mol. The molecule has 0 saturated heterocycles. The van der Waals surface area contributed by atoms with Crippen LogP contribution in [0.3, 0.4) is 0 Å². The molecule has 2 heterocycles. The number of carbonyl (C=O) groups excluding carboxylic acids is 1. The van der Waals surface area contributed by atoms with Gasteiger partial charge in [0.1, 0.15) is 17.4 Å². The summed E-state index contributed by atoms with van der Waals surface area (Å²) < 4.78 is 6.00. The van der Waals surface area contributed by atoms with Crippen LogP contribution in [0.2, 0.25) is 0 Å². The van der Waals surface area contributed by atoms with Gasteiger partial charge in [-0.25, -0.2) is 0 Å². The predicted molar refractivity (Wildman–Crippen MR) is 106 cm³/mol. The number of furan rings is 1. The minimum Gasteiger partial charge on any atom is -0.459 e. The summed E-state index contributed by atoms with van der Waals surface area (Å²) in [7, 11) is 0. The Morgan fingerprint density at radius 3 is 2.59 bits per heavy atom. The Hall–Kier alpha value is -3.66. The van der Waals surface area contributed by atoms with E-state index in [9.17, 15) is 4.79 Å². The molecule has 132 valence electrons. The molecule has 0 aliphatic rings. The molecule has 2 aromatic heterocycles. The Bertz CT molecular complexity index is 1040. The molecular weight excluding hydrogens is 336 g/mol. The number of hydrogen-bond donors (Lipinski definition) is 1. The smallest absolute Gasteiger partial charge is 0.244 e. The topological polar surface area (TPSA) is 55.1 Å². The van der Waals surface area contributed by atoms with Crippen LogP contribution in [-0.2, 0) is 4.79 Å². The van der Waals surface area contributed by atoms with E-state index in [-0.39, 0.29) is 11.9 Å². The molecule has 4 rings (SSSR count). The Morgan fingerprint density at radius 2 is 1.81 bits per heavy atom. The van der Waals surface area contributed by atoms with E-state index in [0.717, 1.165) is 22.1 Å². The Kier molecular flexibility index (Phi) is 4.79. The van der Waals surface area contributed by atoms with Gasteiger partial charge in [0, 0.05) is 23.9 Å². The van der Waals surface area contributed by atoms with Gasteiger partial charge in [0.05, 0.1) is 0 Å². The summed E-state index contributed by atoms with van der Waals surface area (Å²) in [5, 5.41) is 4.05. The molecule has 0 saturated carbocycles. The normalized spacial score (nSPS) is 12.3. The fourth-order valence-electron chi connectivity index (χ4n) is 2.95. The number of amides is 1. The lowest BCUT2D eigenvalue weighted by molar-refractivity contribution is -0.117. The highest BCUT2D eigenvalue weighted by molar-refractivity contribution is 5.92. The van der Waals surface area contributed by atoms with Gasteiger partial charge >= 0.3 is 0 Å². The first-order valence-electron chi connectivity index (χ1n) is 8.71. The van der Waals surface area contributed by atoms with E-state index in [4.69, 9.17) is 4.42 Å². The molecular formula is C23H18N2O2. The Labute approximate surface area is 157 Å². The molecule has 4 aromatic rings. The third-order valence-electron chi connectivity index (χ3n) is 4.26. The number of pyridine rings is 1. The highest BCUT2D eigenvalue weighted by atomic mass is 16.3. The van der Waals surface area contributed by atoms with E-state index in [1.54, 1.807) is 18.5 Å². The van der Waals surface area contributed by atoms with E-state index in [0.29, 0.717) is 5.76 Å². The third-order valence-corrected chi connectivity index (χ3v) is 4.26. The summed E-state index contributed by atoms with van der Waals surface area (Å²) >= 11 is 0. The fourth-order valence-corrected chi connectivity index (χ4v) is 2.95. The fraction of sp³-hybridized carbons (Fsp3) is 0.0435. The van der Waals surface area contributed by atoms with Crippen molar-refractivity contribution in [3.8, 4) is 0 Å². The van der Waals surface area contributed by atoms with Gasteiger partial charge in [-0.2, -0.15) is 0 Å². The third kappa shape index (κ3) is 3.96. The van der Waals surface area contributed by atoms with Crippen molar-refractivity contribution in [3.63, 3.8) is 0 Å². The second-order valence-electron chi connectivity index (χ2n) is 6.16. The molecule has 1 atom stereocenters. The first-order valence-corrected chi connectivity index (χ1v) is 8.71. The molecule has 4 heteroatoms. The van der Waals surface area contributed by atoms with Gasteiger partial charge in [-0.15, -0.1) is 0 Å². The minimum absolute atomic E-state index is 0.201. The van der Waals surface area contributed by atoms with E-state index >= 15 is 0 Å². The molecule has 0 radical (unpaired) electrons. The largest absolute Gasteiger partial charge is 0.459 e. The first kappa shape index (κ1) is 16.8. The van der Waals surface area contributed by atoms with Gasteiger partial charge in [0.2, 0.25) is 5.91 Å². The molecule has 0 aliphatic heterocycles. The number of carbonyl (C=O) groups is 1. The maximum atomic E-state index is 12.5. The highest BCUT2D eigenvalue weighted by Gasteiger charge is 2.19. The summed E-state index contributed by atoms with van der Waals surface area (Å²) in [5.74, 6) is 0.499. The van der Waals surface area contributed by atoms with Gasteiger partial charge in [-0.1, -0.05) is 54.6 Å². The second-order valence-corrected chi connectivity index (χ2v) is 6.16. The maximum absolute atomic E-state index is 12.5. The summed E-state index contributed by atoms with van der Waals surface area (Å²) in [6, 6.07) is 22.9. The molecule has 0 bridgehead atoms. The summed E-state index contributed by atoms with van der Waals surface area (Å²) in [6.07, 6.45) is 6.65. The number of benzene rings is 2. The molecule has 1 amide bonds. The van der Waals surface area contributed by atoms with Crippen molar-refractivity contribution in [1.82, 2.24) is 10.3 Å². The average molecular weight is 354 g/mol. The van der Waals surface area contributed by atoms with Crippen molar-refractivity contribution < 1.29 is 9.21 Å². The predicted octanol–water partition coefficient (Wildman–Crippen LogP) is 4.75. The summed E-state index contributed by atoms with van der Waals surface area (Å²) in [6.45, 7) is 0. The first-order chi connectivity index (χ1) is 13.3. The van der Waals surface area contributed by atoms with Crippen LogP contribution in [0.15, 0.2) is 95.7 Å². The van der Waals surface area contributed by atoms with Crippen LogP contribution in [-0.4, -0.2) is 10.9 Å². The van der Waals surface area contributed by atoms with Gasteiger partial charge in [-0.3, -0.25) is 9.78 Å². The van der Waals surface area contributed by atoms with Crippen LogP contribution in [0.4, 0.5) is 0 Å². The van der Waals surface area contributed by atoms with Crippen LogP contribution in [0.5, 0.6) is 0 Å². The Morgan fingerprint density at radius 1 is 1.00 bits per heavy atom. The highest BCUT2D eigenvalue weighted by Crippen LogP contribution is 2.28. The van der Waals surface area contributed by atoms with Crippen molar-refractivity contribution in [3.05, 3.63) is 108 Å². The minimum atomic E-state index is -0.371. The zero-order chi connectivity index (χ0) is 18.5. The number of fused-ring (bicyclic) bond motifs is 1. The van der Waals surface area contributed by atoms with Crippen molar-refractivity contribution in [2.75, 3.05) is 0 Å². The number of nitrogens with zero attached hydrogens (tertiary/aromatic N) is 1. The van der Waals surface area contributed by atoms with Crippen LogP contribution in [0.1, 0.15) is 22.9 Å². The molecule has 0 aliphatic carbocycles. The number of para-hydroxylation sites is 1. The van der Waals surface area contributed by atoms with Gasteiger partial charge < -0.3 is 9.73 Å².